The van der Waals surface area contributed by atoms with Crippen LogP contribution in [0.15, 0.2) is 24.3 Å². The highest BCUT2D eigenvalue weighted by Crippen LogP contribution is 2.32. The number of nitrogens with one attached hydrogen (secondary N) is 1. The summed E-state index contributed by atoms with van der Waals surface area (Å²) in [5.74, 6) is 1.22. The van der Waals surface area contributed by atoms with Crippen LogP contribution >= 0.6 is 11.8 Å². The third-order valence-electron chi connectivity index (χ3n) is 4.33. The molecule has 2 heteroatoms. The summed E-state index contributed by atoms with van der Waals surface area (Å²) in [4.78, 5) is 0. The molecule has 1 aromatic carbocycles. The molecule has 1 fully saturated rings. The van der Waals surface area contributed by atoms with E-state index in [0.29, 0.717) is 6.04 Å². The van der Waals surface area contributed by atoms with Gasteiger partial charge in [-0.05, 0) is 43.4 Å². The van der Waals surface area contributed by atoms with Gasteiger partial charge in [0.15, 0.2) is 0 Å². The molecule has 0 aliphatic heterocycles. The van der Waals surface area contributed by atoms with Crippen molar-refractivity contribution in [3.05, 3.63) is 35.4 Å². The second kappa shape index (κ2) is 9.53. The zero-order valence-electron chi connectivity index (χ0n) is 13.7. The van der Waals surface area contributed by atoms with Gasteiger partial charge in [0.05, 0.1) is 0 Å². The number of rotatable bonds is 9. The number of thioether (sulfide) groups is 1. The Kier molecular flexibility index (Phi) is 7.66. The first kappa shape index (κ1) is 16.9. The van der Waals surface area contributed by atoms with Crippen molar-refractivity contribution < 1.29 is 0 Å². The minimum Gasteiger partial charge on any atom is -0.309 e. The van der Waals surface area contributed by atoms with Gasteiger partial charge in [-0.3, -0.25) is 0 Å². The quantitative estimate of drug-likeness (QED) is 0.659. The summed E-state index contributed by atoms with van der Waals surface area (Å²) in [5, 5.41) is 4.67. The molecule has 118 valence electrons. The Morgan fingerprint density at radius 3 is 2.71 bits per heavy atom. The summed E-state index contributed by atoms with van der Waals surface area (Å²) in [5.41, 5.74) is 2.98. The topological polar surface area (TPSA) is 12.0 Å². The van der Waals surface area contributed by atoms with Gasteiger partial charge in [0.1, 0.15) is 0 Å². The van der Waals surface area contributed by atoms with Crippen LogP contribution in [0.3, 0.4) is 0 Å². The largest absolute Gasteiger partial charge is 0.309 e. The third kappa shape index (κ3) is 5.67. The van der Waals surface area contributed by atoms with E-state index in [0.717, 1.165) is 11.8 Å². The minimum atomic E-state index is 0.521. The van der Waals surface area contributed by atoms with Crippen molar-refractivity contribution >= 4 is 11.8 Å². The monoisotopic (exact) mass is 305 g/mol. The first-order chi connectivity index (χ1) is 10.3. The standard InChI is InChI=1S/C19H31NS/c1-3-8-16-9-7-10-17(14-16)19(20-13-4-2)15-21-18-11-5-6-12-18/h7,9-10,14,18-20H,3-6,8,11-13,15H2,1-2H3. The van der Waals surface area contributed by atoms with Crippen molar-refractivity contribution in [1.29, 1.82) is 0 Å². The lowest BCUT2D eigenvalue weighted by atomic mass is 10.0. The zero-order chi connectivity index (χ0) is 14.9. The molecule has 0 heterocycles. The van der Waals surface area contributed by atoms with Crippen LogP contribution in [0.5, 0.6) is 0 Å². The van der Waals surface area contributed by atoms with Crippen molar-refractivity contribution in [3.63, 3.8) is 0 Å². The van der Waals surface area contributed by atoms with Crippen LogP contribution in [0, 0.1) is 0 Å². The third-order valence-corrected chi connectivity index (χ3v) is 5.80. The molecule has 1 N–H and O–H groups in total. The van der Waals surface area contributed by atoms with E-state index in [9.17, 15) is 0 Å². The van der Waals surface area contributed by atoms with Gasteiger partial charge in [-0.25, -0.2) is 0 Å². The Hall–Kier alpha value is -0.470. The lowest BCUT2D eigenvalue weighted by Gasteiger charge is -2.21. The summed E-state index contributed by atoms with van der Waals surface area (Å²) in [6.07, 6.45) is 9.38. The van der Waals surface area contributed by atoms with Crippen molar-refractivity contribution in [2.45, 2.75) is 70.1 Å². The predicted molar refractivity (Wildman–Crippen MR) is 96.2 cm³/mol. The van der Waals surface area contributed by atoms with Crippen LogP contribution in [0.2, 0.25) is 0 Å². The maximum atomic E-state index is 3.76. The zero-order valence-corrected chi connectivity index (χ0v) is 14.6. The maximum absolute atomic E-state index is 3.76. The average molecular weight is 306 g/mol. The van der Waals surface area contributed by atoms with E-state index in [1.54, 1.807) is 0 Å². The summed E-state index contributed by atoms with van der Waals surface area (Å²) in [7, 11) is 0. The molecule has 2 rings (SSSR count). The number of hydrogen-bond donors (Lipinski definition) is 1. The predicted octanol–water partition coefficient (Wildman–Crippen LogP) is 5.36. The van der Waals surface area contributed by atoms with Crippen LogP contribution in [-0.4, -0.2) is 17.5 Å². The Bertz CT molecular complexity index is 398. The second-order valence-corrected chi connectivity index (χ2v) is 7.57. The first-order valence-corrected chi connectivity index (χ1v) is 9.82. The molecule has 0 spiro atoms. The van der Waals surface area contributed by atoms with Gasteiger partial charge < -0.3 is 5.32 Å². The molecule has 0 saturated heterocycles. The van der Waals surface area contributed by atoms with Crippen molar-refractivity contribution in [2.75, 3.05) is 12.3 Å². The van der Waals surface area contributed by atoms with Crippen molar-refractivity contribution in [2.24, 2.45) is 0 Å². The summed E-state index contributed by atoms with van der Waals surface area (Å²) in [6, 6.07) is 9.76. The minimum absolute atomic E-state index is 0.521. The van der Waals surface area contributed by atoms with Gasteiger partial charge in [0, 0.05) is 17.0 Å². The molecule has 1 saturated carbocycles. The highest BCUT2D eigenvalue weighted by atomic mass is 32.2. The van der Waals surface area contributed by atoms with Crippen LogP contribution in [0.4, 0.5) is 0 Å². The molecule has 0 radical (unpaired) electrons. The molecule has 21 heavy (non-hydrogen) atoms. The first-order valence-electron chi connectivity index (χ1n) is 8.77. The highest BCUT2D eigenvalue weighted by Gasteiger charge is 2.18. The smallest absolute Gasteiger partial charge is 0.0412 e. The highest BCUT2D eigenvalue weighted by molar-refractivity contribution is 7.99. The Morgan fingerprint density at radius 2 is 2.00 bits per heavy atom. The molecule has 1 aromatic rings. The molecule has 1 nitrogen and oxygen atoms in total. The van der Waals surface area contributed by atoms with Crippen molar-refractivity contribution in [3.8, 4) is 0 Å². The van der Waals surface area contributed by atoms with Gasteiger partial charge in [-0.2, -0.15) is 11.8 Å². The molecule has 0 bridgehead atoms. The van der Waals surface area contributed by atoms with Crippen LogP contribution in [-0.2, 0) is 6.42 Å². The SMILES string of the molecule is CCCNC(CSC1CCCC1)c1cccc(CCC)c1. The Balaban J connectivity index is 1.97. The molecule has 0 aromatic heterocycles. The van der Waals surface area contributed by atoms with Crippen molar-refractivity contribution in [1.82, 2.24) is 5.32 Å². The average Bonchev–Trinajstić information content (AvgIpc) is 3.01. The van der Waals surface area contributed by atoms with Gasteiger partial charge in [-0.1, -0.05) is 57.4 Å². The van der Waals surface area contributed by atoms with Crippen LogP contribution in [0.25, 0.3) is 0 Å². The molecule has 1 unspecified atom stereocenters. The van der Waals surface area contributed by atoms with E-state index in [2.05, 4.69) is 55.2 Å². The van der Waals surface area contributed by atoms with Gasteiger partial charge in [0.25, 0.3) is 0 Å². The number of aryl methyl sites for hydroxylation is 1. The normalized spacial score (nSPS) is 17.2. The molecule has 1 aliphatic rings. The lowest BCUT2D eigenvalue weighted by Crippen LogP contribution is -2.25. The summed E-state index contributed by atoms with van der Waals surface area (Å²) >= 11 is 2.19. The maximum Gasteiger partial charge on any atom is 0.0412 e. The fourth-order valence-corrected chi connectivity index (χ4v) is 4.57. The van der Waals surface area contributed by atoms with Crippen LogP contribution < -0.4 is 5.32 Å². The molecular formula is C19H31NS. The van der Waals surface area contributed by atoms with Gasteiger partial charge in [-0.15, -0.1) is 0 Å². The Labute approximate surface area is 135 Å². The Morgan fingerprint density at radius 1 is 1.19 bits per heavy atom. The molecule has 1 aliphatic carbocycles. The number of hydrogen-bond acceptors (Lipinski definition) is 2. The van der Waals surface area contributed by atoms with Crippen LogP contribution in [0.1, 0.15) is 69.5 Å². The van der Waals surface area contributed by atoms with Gasteiger partial charge in [0.2, 0.25) is 0 Å². The molecule has 0 amide bonds. The van der Waals surface area contributed by atoms with E-state index in [-0.39, 0.29) is 0 Å². The fraction of sp³-hybridized carbons (Fsp3) is 0.684. The van der Waals surface area contributed by atoms with E-state index < -0.39 is 0 Å². The van der Waals surface area contributed by atoms with E-state index in [1.807, 2.05) is 0 Å². The molecule has 1 atom stereocenters. The van der Waals surface area contributed by atoms with E-state index in [4.69, 9.17) is 0 Å². The summed E-state index contributed by atoms with van der Waals surface area (Å²) in [6.45, 7) is 5.63. The fourth-order valence-electron chi connectivity index (χ4n) is 3.13. The number of benzene rings is 1. The lowest BCUT2D eigenvalue weighted by molar-refractivity contribution is 0.576. The van der Waals surface area contributed by atoms with E-state index >= 15 is 0 Å². The van der Waals surface area contributed by atoms with Gasteiger partial charge >= 0.3 is 0 Å². The summed E-state index contributed by atoms with van der Waals surface area (Å²) < 4.78 is 0. The van der Waals surface area contributed by atoms with E-state index in [1.165, 1.54) is 61.8 Å². The molecular weight excluding hydrogens is 274 g/mol. The second-order valence-electron chi connectivity index (χ2n) is 6.24.